The van der Waals surface area contributed by atoms with E-state index in [-0.39, 0.29) is 38.0 Å². The lowest BCUT2D eigenvalue weighted by atomic mass is 10.0. The van der Waals surface area contributed by atoms with E-state index in [0.29, 0.717) is 18.1 Å². The van der Waals surface area contributed by atoms with E-state index in [4.69, 9.17) is 15.4 Å². The first-order chi connectivity index (χ1) is 14.2. The minimum atomic E-state index is -1.08. The average molecular weight is 416 g/mol. The van der Waals surface area contributed by atoms with Crippen LogP contribution in [0.2, 0.25) is 0 Å². The smallest absolute Gasteiger partial charge is 0.303 e. The number of amides is 2. The number of carbonyl (C=O) groups excluding carboxylic acids is 3. The van der Waals surface area contributed by atoms with Gasteiger partial charge in [0.15, 0.2) is 5.78 Å². The molecular formula is C20H24N4O6. The zero-order valence-electron chi connectivity index (χ0n) is 16.6. The normalized spacial score (nSPS) is 11.6. The predicted octanol–water partition coefficient (Wildman–Crippen LogP) is 1.16. The Labute approximate surface area is 172 Å². The quantitative estimate of drug-likeness (QED) is 0.463. The Morgan fingerprint density at radius 1 is 1.10 bits per heavy atom. The van der Waals surface area contributed by atoms with Crippen molar-refractivity contribution < 1.29 is 28.8 Å². The minimum absolute atomic E-state index is 0.0442. The topological polar surface area (TPSA) is 165 Å². The van der Waals surface area contributed by atoms with Crippen molar-refractivity contribution in [1.82, 2.24) is 15.5 Å². The van der Waals surface area contributed by atoms with Crippen molar-refractivity contribution in [3.05, 3.63) is 35.7 Å². The number of hydrogen-bond donors (Lipinski definition) is 3. The van der Waals surface area contributed by atoms with Gasteiger partial charge in [0.05, 0.1) is 6.04 Å². The molecule has 1 aromatic carbocycles. The summed E-state index contributed by atoms with van der Waals surface area (Å²) < 4.78 is 4.95. The third kappa shape index (κ3) is 7.46. The Balaban J connectivity index is 1.89. The third-order valence-corrected chi connectivity index (χ3v) is 4.37. The van der Waals surface area contributed by atoms with Crippen LogP contribution in [0.25, 0.3) is 11.4 Å². The highest BCUT2D eigenvalue weighted by Gasteiger charge is 2.22. The molecule has 0 spiro atoms. The Morgan fingerprint density at radius 2 is 1.80 bits per heavy atom. The number of nitrogens with zero attached hydrogens (tertiary/aromatic N) is 2. The van der Waals surface area contributed by atoms with Crippen LogP contribution in [-0.2, 0) is 25.6 Å². The lowest BCUT2D eigenvalue weighted by molar-refractivity contribution is -0.138. The second-order valence-corrected chi connectivity index (χ2v) is 6.82. The summed E-state index contributed by atoms with van der Waals surface area (Å²) in [5.41, 5.74) is 6.72. The lowest BCUT2D eigenvalue weighted by Crippen LogP contribution is -2.41. The third-order valence-electron chi connectivity index (χ3n) is 4.37. The van der Waals surface area contributed by atoms with Crippen LogP contribution in [0.3, 0.4) is 0 Å². The van der Waals surface area contributed by atoms with Gasteiger partial charge in [0.2, 0.25) is 23.5 Å². The summed E-state index contributed by atoms with van der Waals surface area (Å²) >= 11 is 0. The highest BCUT2D eigenvalue weighted by Crippen LogP contribution is 2.17. The molecule has 2 aromatic rings. The molecule has 0 fully saturated rings. The Kier molecular flexibility index (Phi) is 8.21. The van der Waals surface area contributed by atoms with E-state index in [2.05, 4.69) is 15.5 Å². The molecule has 10 heteroatoms. The molecule has 0 unspecified atom stereocenters. The lowest BCUT2D eigenvalue weighted by Gasteiger charge is -2.17. The van der Waals surface area contributed by atoms with Crippen LogP contribution in [0.4, 0.5) is 0 Å². The maximum Gasteiger partial charge on any atom is 0.303 e. The predicted molar refractivity (Wildman–Crippen MR) is 105 cm³/mol. The monoisotopic (exact) mass is 416 g/mol. The number of rotatable bonds is 12. The van der Waals surface area contributed by atoms with Crippen LogP contribution in [0.15, 0.2) is 28.8 Å². The molecule has 0 radical (unpaired) electrons. The summed E-state index contributed by atoms with van der Waals surface area (Å²) in [4.78, 5) is 50.3. The van der Waals surface area contributed by atoms with Crippen LogP contribution >= 0.6 is 0 Å². The zero-order chi connectivity index (χ0) is 22.1. The Morgan fingerprint density at radius 3 is 2.37 bits per heavy atom. The molecule has 1 atom stereocenters. The number of aryl methyl sites for hydroxylation is 2. The van der Waals surface area contributed by atoms with E-state index in [1.807, 2.05) is 24.3 Å². The summed E-state index contributed by atoms with van der Waals surface area (Å²) in [6.45, 7) is 1.70. The van der Waals surface area contributed by atoms with Gasteiger partial charge in [-0.25, -0.2) is 0 Å². The molecule has 10 nitrogen and oxygen atoms in total. The van der Waals surface area contributed by atoms with Crippen LogP contribution in [0, 0.1) is 6.92 Å². The molecule has 1 heterocycles. The van der Waals surface area contributed by atoms with E-state index < -0.39 is 23.7 Å². The van der Waals surface area contributed by atoms with E-state index in [0.717, 1.165) is 11.1 Å². The number of nitrogens with two attached hydrogens (primary N) is 1. The van der Waals surface area contributed by atoms with Crippen molar-refractivity contribution >= 4 is 23.6 Å². The molecule has 30 heavy (non-hydrogen) atoms. The van der Waals surface area contributed by atoms with E-state index in [1.165, 1.54) is 0 Å². The second-order valence-electron chi connectivity index (χ2n) is 6.82. The number of nitrogens with one attached hydrogen (secondary N) is 1. The van der Waals surface area contributed by atoms with E-state index in [9.17, 15) is 19.2 Å². The minimum Gasteiger partial charge on any atom is -0.481 e. The highest BCUT2D eigenvalue weighted by atomic mass is 16.5. The van der Waals surface area contributed by atoms with Gasteiger partial charge in [0.1, 0.15) is 0 Å². The molecule has 0 aliphatic rings. The van der Waals surface area contributed by atoms with Gasteiger partial charge in [-0.3, -0.25) is 19.2 Å². The maximum atomic E-state index is 12.3. The van der Waals surface area contributed by atoms with Crippen molar-refractivity contribution in [1.29, 1.82) is 0 Å². The fraction of sp³-hybridized carbons (Fsp3) is 0.400. The van der Waals surface area contributed by atoms with Gasteiger partial charge < -0.3 is 20.7 Å². The standard InChI is InChI=1S/C20H24N4O6/c1-12-22-20(24-30-12)14-5-2-13(3-6-14)4-10-18(27)23-15(7-11-19(28)29)16(25)8-9-17(21)26/h2-3,5-6,15H,4,7-11H2,1H3,(H2,21,26)(H,23,27)(H,28,29)/t15-/m0/s1. The van der Waals surface area contributed by atoms with Crippen LogP contribution in [0.5, 0.6) is 0 Å². The van der Waals surface area contributed by atoms with Crippen LogP contribution < -0.4 is 11.1 Å². The highest BCUT2D eigenvalue weighted by molar-refractivity contribution is 5.91. The molecule has 0 aliphatic carbocycles. The van der Waals surface area contributed by atoms with Crippen LogP contribution in [0.1, 0.15) is 43.6 Å². The first kappa shape index (κ1) is 22.7. The van der Waals surface area contributed by atoms with Gasteiger partial charge in [-0.1, -0.05) is 29.4 Å². The number of carboxylic acid groups (broad SMARTS) is 1. The zero-order valence-corrected chi connectivity index (χ0v) is 16.6. The number of aliphatic carboxylic acids is 1. The van der Waals surface area contributed by atoms with Crippen molar-refractivity contribution in [2.45, 2.75) is 51.5 Å². The number of carbonyl (C=O) groups is 4. The summed E-state index contributed by atoms with van der Waals surface area (Å²) in [5.74, 6) is -1.56. The van der Waals surface area contributed by atoms with E-state index >= 15 is 0 Å². The second kappa shape index (κ2) is 10.8. The first-order valence-corrected chi connectivity index (χ1v) is 9.46. The Bertz CT molecular complexity index is 906. The molecule has 4 N–H and O–H groups in total. The summed E-state index contributed by atoms with van der Waals surface area (Å²) in [7, 11) is 0. The van der Waals surface area contributed by atoms with Gasteiger partial charge in [-0.05, 0) is 18.4 Å². The van der Waals surface area contributed by atoms with Gasteiger partial charge in [-0.15, -0.1) is 0 Å². The fourth-order valence-electron chi connectivity index (χ4n) is 2.76. The molecule has 160 valence electrons. The fourth-order valence-corrected chi connectivity index (χ4v) is 2.76. The number of carboxylic acids is 1. The molecule has 0 saturated carbocycles. The largest absolute Gasteiger partial charge is 0.481 e. The van der Waals surface area contributed by atoms with Gasteiger partial charge in [-0.2, -0.15) is 4.98 Å². The molecule has 2 rings (SSSR count). The number of ketones is 1. The number of primary amides is 1. The summed E-state index contributed by atoms with van der Waals surface area (Å²) in [6.07, 6.45) is -0.0605. The number of benzene rings is 1. The van der Waals surface area contributed by atoms with Crippen LogP contribution in [-0.4, -0.2) is 44.9 Å². The molecule has 0 saturated heterocycles. The SMILES string of the molecule is Cc1nc(-c2ccc(CCC(=O)N[C@@H](CCC(=O)O)C(=O)CCC(N)=O)cc2)no1. The van der Waals surface area contributed by atoms with Crippen molar-refractivity contribution in [3.8, 4) is 11.4 Å². The molecular weight excluding hydrogens is 392 g/mol. The summed E-state index contributed by atoms with van der Waals surface area (Å²) in [5, 5.41) is 15.3. The number of Topliss-reactive ketones (excluding diaryl/α,β-unsaturated/α-hetero) is 1. The maximum absolute atomic E-state index is 12.3. The number of hydrogen-bond acceptors (Lipinski definition) is 7. The first-order valence-electron chi connectivity index (χ1n) is 9.46. The molecule has 1 aromatic heterocycles. The van der Waals surface area contributed by atoms with Crippen molar-refractivity contribution in [2.75, 3.05) is 0 Å². The van der Waals surface area contributed by atoms with Gasteiger partial charge >= 0.3 is 5.97 Å². The number of aromatic nitrogens is 2. The molecule has 0 bridgehead atoms. The van der Waals surface area contributed by atoms with Gasteiger partial charge in [0, 0.05) is 38.2 Å². The summed E-state index contributed by atoms with van der Waals surface area (Å²) in [6, 6.07) is 6.36. The van der Waals surface area contributed by atoms with E-state index in [1.54, 1.807) is 6.92 Å². The van der Waals surface area contributed by atoms with Crippen molar-refractivity contribution in [2.24, 2.45) is 5.73 Å². The molecule has 2 amide bonds. The Hall–Kier alpha value is -3.56. The molecule has 0 aliphatic heterocycles. The van der Waals surface area contributed by atoms with Crippen molar-refractivity contribution in [3.63, 3.8) is 0 Å². The average Bonchev–Trinajstić information content (AvgIpc) is 3.14. The van der Waals surface area contributed by atoms with Gasteiger partial charge in [0.25, 0.3) is 0 Å².